The Morgan fingerprint density at radius 1 is 1.35 bits per heavy atom. The van der Waals surface area contributed by atoms with Crippen molar-refractivity contribution in [2.75, 3.05) is 25.5 Å². The molecular weight excluding hydrogens is 360 g/mol. The van der Waals surface area contributed by atoms with E-state index in [0.717, 1.165) is 18.0 Å². The molecule has 0 saturated carbocycles. The van der Waals surface area contributed by atoms with Crippen LogP contribution in [-0.2, 0) is 0 Å². The van der Waals surface area contributed by atoms with Gasteiger partial charge in [0.1, 0.15) is 6.10 Å². The number of carbonyl (C=O) groups is 1. The van der Waals surface area contributed by atoms with Crippen molar-refractivity contribution in [2.45, 2.75) is 6.10 Å². The fraction of sp³-hybridized carbons (Fsp3) is 0.267. The Morgan fingerprint density at radius 2 is 2.23 bits per heavy atom. The molecule has 3 aromatic rings. The lowest BCUT2D eigenvalue weighted by atomic mass is 10.2. The molecule has 0 unspecified atom stereocenters. The molecule has 1 aliphatic heterocycles. The van der Waals surface area contributed by atoms with Gasteiger partial charge in [-0.1, -0.05) is 11.2 Å². The van der Waals surface area contributed by atoms with Crippen molar-refractivity contribution < 1.29 is 18.7 Å². The second kappa shape index (κ2) is 7.06. The maximum absolute atomic E-state index is 12.4. The van der Waals surface area contributed by atoms with Gasteiger partial charge in [0.15, 0.2) is 11.4 Å². The Labute approximate surface area is 151 Å². The van der Waals surface area contributed by atoms with Gasteiger partial charge in [-0.3, -0.25) is 10.1 Å². The lowest BCUT2D eigenvalue weighted by Gasteiger charge is -2.27. The molecular formula is C15H14N6O4S. The standard InChI is InChI=1S/C15H14N6O4S/c1-23-9-5-11(24-8-6-16-7-8)18-19-12(9)13(22)17-15-21-20-14(25-15)10-3-2-4-26-10/h2-5,8,16H,6-7H2,1H3,(H,17,21,22). The largest absolute Gasteiger partial charge is 0.494 e. The predicted molar refractivity (Wildman–Crippen MR) is 91.4 cm³/mol. The van der Waals surface area contributed by atoms with E-state index in [1.54, 1.807) is 0 Å². The number of nitrogens with one attached hydrogen (secondary N) is 2. The molecule has 1 saturated heterocycles. The molecule has 134 valence electrons. The quantitative estimate of drug-likeness (QED) is 0.655. The highest BCUT2D eigenvalue weighted by molar-refractivity contribution is 7.13. The van der Waals surface area contributed by atoms with E-state index in [1.165, 1.54) is 24.5 Å². The number of hydrogen-bond acceptors (Lipinski definition) is 10. The first-order valence-electron chi connectivity index (χ1n) is 7.71. The minimum Gasteiger partial charge on any atom is -0.494 e. The third-order valence-corrected chi connectivity index (χ3v) is 4.44. The molecule has 11 heteroatoms. The molecule has 0 radical (unpaired) electrons. The van der Waals surface area contributed by atoms with Crippen LogP contribution in [0.4, 0.5) is 6.01 Å². The molecule has 1 fully saturated rings. The number of nitrogens with zero attached hydrogens (tertiary/aromatic N) is 4. The summed E-state index contributed by atoms with van der Waals surface area (Å²) in [5, 5.41) is 23.0. The van der Waals surface area contributed by atoms with Crippen LogP contribution in [-0.4, -0.2) is 52.6 Å². The first-order chi connectivity index (χ1) is 12.7. The maximum atomic E-state index is 12.4. The van der Waals surface area contributed by atoms with E-state index in [1.807, 2.05) is 17.5 Å². The van der Waals surface area contributed by atoms with Crippen LogP contribution in [0.15, 0.2) is 28.0 Å². The zero-order chi connectivity index (χ0) is 17.9. The molecule has 2 N–H and O–H groups in total. The number of methoxy groups -OCH3 is 1. The molecule has 4 heterocycles. The maximum Gasteiger partial charge on any atom is 0.322 e. The third-order valence-electron chi connectivity index (χ3n) is 3.58. The highest BCUT2D eigenvalue weighted by Gasteiger charge is 2.23. The number of anilines is 1. The van der Waals surface area contributed by atoms with Gasteiger partial charge in [-0.05, 0) is 11.4 Å². The number of thiophene rings is 1. The molecule has 10 nitrogen and oxygen atoms in total. The van der Waals surface area contributed by atoms with Crippen molar-refractivity contribution in [1.29, 1.82) is 0 Å². The number of aromatic nitrogens is 4. The number of carbonyl (C=O) groups excluding carboxylic acids is 1. The normalized spacial score (nSPS) is 13.9. The summed E-state index contributed by atoms with van der Waals surface area (Å²) in [6, 6.07) is 5.19. The Kier molecular flexibility index (Phi) is 4.46. The fourth-order valence-electron chi connectivity index (χ4n) is 2.17. The summed E-state index contributed by atoms with van der Waals surface area (Å²) in [7, 11) is 1.43. The van der Waals surface area contributed by atoms with Gasteiger partial charge in [0.25, 0.3) is 11.8 Å². The van der Waals surface area contributed by atoms with Gasteiger partial charge < -0.3 is 19.2 Å². The van der Waals surface area contributed by atoms with E-state index >= 15 is 0 Å². The zero-order valence-corrected chi connectivity index (χ0v) is 14.4. The van der Waals surface area contributed by atoms with Crippen molar-refractivity contribution >= 4 is 23.3 Å². The second-order valence-electron chi connectivity index (χ2n) is 5.34. The first-order valence-corrected chi connectivity index (χ1v) is 8.58. The van der Waals surface area contributed by atoms with Crippen LogP contribution in [0, 0.1) is 0 Å². The van der Waals surface area contributed by atoms with E-state index in [0.29, 0.717) is 11.8 Å². The summed E-state index contributed by atoms with van der Waals surface area (Å²) >= 11 is 1.45. The zero-order valence-electron chi connectivity index (χ0n) is 13.6. The molecule has 1 amide bonds. The number of hydrogen-bond donors (Lipinski definition) is 2. The van der Waals surface area contributed by atoms with Crippen LogP contribution in [0.3, 0.4) is 0 Å². The minimum absolute atomic E-state index is 0.0116. The van der Waals surface area contributed by atoms with Crippen molar-refractivity contribution in [1.82, 2.24) is 25.7 Å². The summed E-state index contributed by atoms with van der Waals surface area (Å²) in [6.45, 7) is 1.49. The summed E-state index contributed by atoms with van der Waals surface area (Å²) in [6.07, 6.45) is 0.0442. The van der Waals surface area contributed by atoms with Crippen LogP contribution in [0.1, 0.15) is 10.5 Å². The smallest absolute Gasteiger partial charge is 0.322 e. The van der Waals surface area contributed by atoms with E-state index in [4.69, 9.17) is 13.9 Å². The Hall–Kier alpha value is -3.05. The number of ether oxygens (including phenoxy) is 2. The molecule has 26 heavy (non-hydrogen) atoms. The van der Waals surface area contributed by atoms with Crippen LogP contribution < -0.4 is 20.1 Å². The second-order valence-corrected chi connectivity index (χ2v) is 6.29. The lowest BCUT2D eigenvalue weighted by molar-refractivity contribution is 0.101. The Morgan fingerprint density at radius 3 is 2.92 bits per heavy atom. The van der Waals surface area contributed by atoms with Crippen LogP contribution in [0.25, 0.3) is 10.8 Å². The van der Waals surface area contributed by atoms with Gasteiger partial charge in [0.05, 0.1) is 12.0 Å². The van der Waals surface area contributed by atoms with Crippen molar-refractivity contribution in [2.24, 2.45) is 0 Å². The third kappa shape index (κ3) is 3.34. The van der Waals surface area contributed by atoms with E-state index in [-0.39, 0.29) is 23.6 Å². The average molecular weight is 374 g/mol. The topological polar surface area (TPSA) is 124 Å². The Balaban J connectivity index is 1.48. The molecule has 0 aliphatic carbocycles. The molecule has 1 aliphatic rings. The summed E-state index contributed by atoms with van der Waals surface area (Å²) in [5.74, 6) is 0.277. The average Bonchev–Trinajstić information content (AvgIpc) is 3.29. The molecule has 0 aromatic carbocycles. The SMILES string of the molecule is COc1cc(OC2CNC2)nnc1C(=O)Nc1nnc(-c2cccs2)o1. The summed E-state index contributed by atoms with van der Waals surface area (Å²) in [4.78, 5) is 13.2. The summed E-state index contributed by atoms with van der Waals surface area (Å²) in [5.41, 5.74) is -0.0116. The van der Waals surface area contributed by atoms with E-state index in [9.17, 15) is 4.79 Å². The molecule has 0 bridgehead atoms. The van der Waals surface area contributed by atoms with Crippen molar-refractivity contribution in [3.05, 3.63) is 29.3 Å². The van der Waals surface area contributed by atoms with Crippen molar-refractivity contribution in [3.63, 3.8) is 0 Å². The summed E-state index contributed by atoms with van der Waals surface area (Å²) < 4.78 is 16.2. The highest BCUT2D eigenvalue weighted by Crippen LogP contribution is 2.25. The lowest BCUT2D eigenvalue weighted by Crippen LogP contribution is -2.50. The predicted octanol–water partition coefficient (Wildman–Crippen LogP) is 1.20. The van der Waals surface area contributed by atoms with Crippen LogP contribution in [0.2, 0.25) is 0 Å². The first kappa shape index (κ1) is 16.4. The number of amides is 1. The Bertz CT molecular complexity index is 909. The molecule has 0 spiro atoms. The monoisotopic (exact) mass is 374 g/mol. The van der Waals surface area contributed by atoms with Gasteiger partial charge in [0, 0.05) is 19.2 Å². The fourth-order valence-corrected chi connectivity index (χ4v) is 2.82. The van der Waals surface area contributed by atoms with E-state index < -0.39 is 5.91 Å². The van der Waals surface area contributed by atoms with Gasteiger partial charge >= 0.3 is 6.01 Å². The van der Waals surface area contributed by atoms with Gasteiger partial charge in [-0.2, -0.15) is 0 Å². The molecule has 4 rings (SSSR count). The van der Waals surface area contributed by atoms with Crippen LogP contribution in [0.5, 0.6) is 11.6 Å². The van der Waals surface area contributed by atoms with Gasteiger partial charge in [-0.25, -0.2) is 0 Å². The minimum atomic E-state index is -0.576. The molecule has 3 aromatic heterocycles. The molecule has 0 atom stereocenters. The van der Waals surface area contributed by atoms with Gasteiger partial charge in [-0.15, -0.1) is 26.6 Å². The van der Waals surface area contributed by atoms with E-state index in [2.05, 4.69) is 31.0 Å². The van der Waals surface area contributed by atoms with Gasteiger partial charge in [0.2, 0.25) is 5.88 Å². The van der Waals surface area contributed by atoms with Crippen LogP contribution >= 0.6 is 11.3 Å². The highest BCUT2D eigenvalue weighted by atomic mass is 32.1. The van der Waals surface area contributed by atoms with Crippen molar-refractivity contribution in [3.8, 4) is 22.4 Å². The number of rotatable bonds is 6.